The first kappa shape index (κ1) is 17.3. The van der Waals surface area contributed by atoms with Crippen LogP contribution in [0.25, 0.3) is 0 Å². The van der Waals surface area contributed by atoms with Crippen molar-refractivity contribution in [2.24, 2.45) is 0 Å². The van der Waals surface area contributed by atoms with E-state index in [4.69, 9.17) is 9.47 Å². The van der Waals surface area contributed by atoms with Gasteiger partial charge in [0.05, 0.1) is 6.54 Å². The van der Waals surface area contributed by atoms with Crippen LogP contribution in [-0.4, -0.2) is 31.2 Å². The maximum atomic E-state index is 12.4. The molecule has 132 valence electrons. The molecule has 1 heterocycles. The first-order valence-electron chi connectivity index (χ1n) is 8.52. The van der Waals surface area contributed by atoms with Gasteiger partial charge in [0.1, 0.15) is 0 Å². The van der Waals surface area contributed by atoms with Crippen LogP contribution in [0.1, 0.15) is 23.6 Å². The van der Waals surface area contributed by atoms with E-state index in [0.29, 0.717) is 13.1 Å². The molecule has 0 saturated carbocycles. The smallest absolute Gasteiger partial charge is 0.238 e. The Balaban J connectivity index is 1.59. The van der Waals surface area contributed by atoms with Crippen molar-refractivity contribution in [2.75, 3.05) is 25.7 Å². The summed E-state index contributed by atoms with van der Waals surface area (Å²) >= 11 is 0. The molecular formula is C20H24N2O3. The molecule has 1 aliphatic heterocycles. The van der Waals surface area contributed by atoms with E-state index in [1.165, 1.54) is 0 Å². The zero-order chi connectivity index (χ0) is 17.8. The summed E-state index contributed by atoms with van der Waals surface area (Å²) in [5.74, 6) is 1.53. The zero-order valence-electron chi connectivity index (χ0n) is 15.0. The van der Waals surface area contributed by atoms with Gasteiger partial charge < -0.3 is 14.8 Å². The third kappa shape index (κ3) is 4.12. The Kier molecular flexibility index (Phi) is 5.24. The van der Waals surface area contributed by atoms with Crippen molar-refractivity contribution in [2.45, 2.75) is 26.8 Å². The number of benzene rings is 2. The summed E-state index contributed by atoms with van der Waals surface area (Å²) in [5, 5.41) is 3.06. The fourth-order valence-corrected chi connectivity index (χ4v) is 3.03. The second kappa shape index (κ2) is 7.57. The maximum Gasteiger partial charge on any atom is 0.238 e. The van der Waals surface area contributed by atoms with Gasteiger partial charge >= 0.3 is 0 Å². The molecule has 0 unspecified atom stereocenters. The van der Waals surface area contributed by atoms with E-state index in [0.717, 1.165) is 40.3 Å². The Hall–Kier alpha value is -2.53. The van der Waals surface area contributed by atoms with Gasteiger partial charge in [-0.25, -0.2) is 0 Å². The molecule has 0 aliphatic carbocycles. The maximum absolute atomic E-state index is 12.4. The summed E-state index contributed by atoms with van der Waals surface area (Å²) in [7, 11) is 1.93. The molecule has 0 spiro atoms. The molecule has 1 aliphatic rings. The Morgan fingerprint density at radius 2 is 2.00 bits per heavy atom. The van der Waals surface area contributed by atoms with Gasteiger partial charge in [0.25, 0.3) is 0 Å². The van der Waals surface area contributed by atoms with E-state index in [1.54, 1.807) is 0 Å². The van der Waals surface area contributed by atoms with Crippen molar-refractivity contribution < 1.29 is 14.3 Å². The van der Waals surface area contributed by atoms with Crippen molar-refractivity contribution in [1.29, 1.82) is 0 Å². The van der Waals surface area contributed by atoms with Crippen LogP contribution >= 0.6 is 0 Å². The summed E-state index contributed by atoms with van der Waals surface area (Å²) in [5.41, 5.74) is 4.27. The Morgan fingerprint density at radius 1 is 1.20 bits per heavy atom. The zero-order valence-corrected chi connectivity index (χ0v) is 15.0. The summed E-state index contributed by atoms with van der Waals surface area (Å²) in [6.45, 7) is 5.37. The third-order valence-electron chi connectivity index (χ3n) is 4.31. The third-order valence-corrected chi connectivity index (χ3v) is 4.31. The number of para-hydroxylation sites is 1. The average Bonchev–Trinajstić information content (AvgIpc) is 3.04. The number of carbonyl (C=O) groups is 1. The predicted molar refractivity (Wildman–Crippen MR) is 98.1 cm³/mol. The van der Waals surface area contributed by atoms with Gasteiger partial charge in [0, 0.05) is 12.2 Å². The molecule has 0 radical (unpaired) electrons. The number of nitrogens with zero attached hydrogens (tertiary/aromatic N) is 1. The van der Waals surface area contributed by atoms with Gasteiger partial charge in [-0.3, -0.25) is 9.69 Å². The number of amides is 1. The minimum Gasteiger partial charge on any atom is -0.454 e. The first-order chi connectivity index (χ1) is 12.1. The van der Waals surface area contributed by atoms with Crippen LogP contribution in [0.2, 0.25) is 0 Å². The lowest BCUT2D eigenvalue weighted by molar-refractivity contribution is -0.117. The summed E-state index contributed by atoms with van der Waals surface area (Å²) in [6.07, 6.45) is 0.893. The molecule has 2 aromatic carbocycles. The van der Waals surface area contributed by atoms with E-state index in [2.05, 4.69) is 18.3 Å². The van der Waals surface area contributed by atoms with Crippen molar-refractivity contribution in [3.63, 3.8) is 0 Å². The van der Waals surface area contributed by atoms with E-state index in [1.807, 2.05) is 49.2 Å². The largest absolute Gasteiger partial charge is 0.454 e. The lowest BCUT2D eigenvalue weighted by Crippen LogP contribution is -2.30. The Bertz CT molecular complexity index is 774. The molecule has 1 amide bonds. The molecule has 0 atom stereocenters. The van der Waals surface area contributed by atoms with E-state index in [-0.39, 0.29) is 12.7 Å². The summed E-state index contributed by atoms with van der Waals surface area (Å²) in [4.78, 5) is 14.4. The van der Waals surface area contributed by atoms with Crippen LogP contribution in [0.3, 0.4) is 0 Å². The quantitative estimate of drug-likeness (QED) is 0.876. The normalized spacial score (nSPS) is 12.5. The lowest BCUT2D eigenvalue weighted by Gasteiger charge is -2.18. The number of hydrogen-bond donors (Lipinski definition) is 1. The highest BCUT2D eigenvalue weighted by molar-refractivity contribution is 5.93. The average molecular weight is 340 g/mol. The Labute approximate surface area is 148 Å². The number of fused-ring (bicyclic) bond motifs is 1. The van der Waals surface area contributed by atoms with Gasteiger partial charge in [-0.1, -0.05) is 31.2 Å². The number of anilines is 1. The number of likely N-dealkylation sites (N-methyl/N-ethyl adjacent to an activating group) is 1. The van der Waals surface area contributed by atoms with Gasteiger partial charge in [0.15, 0.2) is 11.5 Å². The molecule has 1 N–H and O–H groups in total. The van der Waals surface area contributed by atoms with Gasteiger partial charge in [-0.15, -0.1) is 0 Å². The molecule has 5 nitrogen and oxygen atoms in total. The van der Waals surface area contributed by atoms with E-state index >= 15 is 0 Å². The van der Waals surface area contributed by atoms with Crippen molar-refractivity contribution in [1.82, 2.24) is 4.90 Å². The van der Waals surface area contributed by atoms with Crippen LogP contribution in [0.5, 0.6) is 11.5 Å². The predicted octanol–water partition coefficient (Wildman–Crippen LogP) is 3.36. The molecule has 0 bridgehead atoms. The highest BCUT2D eigenvalue weighted by Crippen LogP contribution is 2.32. The fourth-order valence-electron chi connectivity index (χ4n) is 3.03. The van der Waals surface area contributed by atoms with Gasteiger partial charge in [0.2, 0.25) is 12.7 Å². The van der Waals surface area contributed by atoms with Crippen molar-refractivity contribution in [3.05, 3.63) is 53.1 Å². The molecule has 0 fully saturated rings. The lowest BCUT2D eigenvalue weighted by atomic mass is 10.1. The Morgan fingerprint density at radius 3 is 2.80 bits per heavy atom. The standard InChI is InChI=1S/C20H24N2O3/c1-4-16-7-5-6-14(2)20(16)21-19(23)12-22(3)11-15-8-9-17-18(10-15)25-13-24-17/h5-10H,4,11-13H2,1-3H3,(H,21,23). The van der Waals surface area contributed by atoms with E-state index in [9.17, 15) is 4.79 Å². The minimum absolute atomic E-state index is 0.00718. The summed E-state index contributed by atoms with van der Waals surface area (Å²) in [6, 6.07) is 12.0. The number of nitrogens with one attached hydrogen (secondary N) is 1. The molecule has 5 heteroatoms. The second-order valence-corrected chi connectivity index (χ2v) is 6.37. The number of rotatable bonds is 6. The van der Waals surface area contributed by atoms with Crippen LogP contribution in [-0.2, 0) is 17.8 Å². The summed E-state index contributed by atoms with van der Waals surface area (Å²) < 4.78 is 10.7. The van der Waals surface area contributed by atoms with E-state index < -0.39 is 0 Å². The first-order valence-corrected chi connectivity index (χ1v) is 8.52. The molecular weight excluding hydrogens is 316 g/mol. The number of ether oxygens (including phenoxy) is 2. The number of hydrogen-bond acceptors (Lipinski definition) is 4. The van der Waals surface area contributed by atoms with Crippen molar-refractivity contribution in [3.8, 4) is 11.5 Å². The van der Waals surface area contributed by atoms with Crippen LogP contribution < -0.4 is 14.8 Å². The SMILES string of the molecule is CCc1cccc(C)c1NC(=O)CN(C)Cc1ccc2c(c1)OCO2. The topological polar surface area (TPSA) is 50.8 Å². The van der Waals surface area contributed by atoms with Gasteiger partial charge in [-0.05, 0) is 49.2 Å². The van der Waals surface area contributed by atoms with Crippen LogP contribution in [0.15, 0.2) is 36.4 Å². The monoisotopic (exact) mass is 340 g/mol. The molecule has 2 aromatic rings. The van der Waals surface area contributed by atoms with Gasteiger partial charge in [-0.2, -0.15) is 0 Å². The minimum atomic E-state index is -0.00718. The molecule has 3 rings (SSSR count). The second-order valence-electron chi connectivity index (χ2n) is 6.37. The number of aryl methyl sites for hydroxylation is 2. The van der Waals surface area contributed by atoms with Crippen LogP contribution in [0.4, 0.5) is 5.69 Å². The fraction of sp³-hybridized carbons (Fsp3) is 0.350. The highest BCUT2D eigenvalue weighted by Gasteiger charge is 2.15. The molecule has 25 heavy (non-hydrogen) atoms. The van der Waals surface area contributed by atoms with Crippen LogP contribution in [0, 0.1) is 6.92 Å². The molecule has 0 aromatic heterocycles. The highest BCUT2D eigenvalue weighted by atomic mass is 16.7. The molecule has 0 saturated heterocycles. The number of carbonyl (C=O) groups excluding carboxylic acids is 1. The van der Waals surface area contributed by atoms with Crippen molar-refractivity contribution >= 4 is 11.6 Å².